The van der Waals surface area contributed by atoms with Crippen LogP contribution in [0.1, 0.15) is 31.1 Å². The minimum atomic E-state index is -0.268. The number of anilines is 1. The average molecular weight is 307 g/mol. The summed E-state index contributed by atoms with van der Waals surface area (Å²) in [5.41, 5.74) is 1.01. The molecule has 1 aliphatic rings. The fourth-order valence-electron chi connectivity index (χ4n) is 1.91. The van der Waals surface area contributed by atoms with Crippen molar-refractivity contribution < 1.29 is 9.59 Å². The number of carbonyl (C=O) groups is 2. The third kappa shape index (κ3) is 4.75. The summed E-state index contributed by atoms with van der Waals surface area (Å²) in [5, 5.41) is 8.87. The molecule has 21 heavy (non-hydrogen) atoms. The molecule has 0 aromatic heterocycles. The molecule has 1 saturated heterocycles. The molecule has 0 radical (unpaired) electrons. The smallest absolute Gasteiger partial charge is 0.251 e. The Balaban J connectivity index is 1.95. The number of carbonyl (C=O) groups excluding carboxylic acids is 2. The van der Waals surface area contributed by atoms with Gasteiger partial charge in [-0.3, -0.25) is 14.9 Å². The molecule has 1 heterocycles. The van der Waals surface area contributed by atoms with E-state index < -0.39 is 0 Å². The van der Waals surface area contributed by atoms with Crippen molar-refractivity contribution in [2.45, 2.75) is 32.4 Å². The van der Waals surface area contributed by atoms with E-state index in [1.54, 1.807) is 36.0 Å². The van der Waals surface area contributed by atoms with Crippen LogP contribution in [0.4, 0.5) is 5.69 Å². The fraction of sp³-hybridized carbons (Fsp3) is 0.467. The molecule has 1 atom stereocenters. The van der Waals surface area contributed by atoms with Crippen molar-refractivity contribution in [3.8, 4) is 0 Å². The normalized spacial score (nSPS) is 18.3. The van der Waals surface area contributed by atoms with E-state index in [2.05, 4.69) is 16.0 Å². The molecule has 1 fully saturated rings. The number of thioether (sulfide) groups is 1. The number of hydrogen-bond acceptors (Lipinski definition) is 4. The van der Waals surface area contributed by atoms with Crippen molar-refractivity contribution in [1.29, 1.82) is 0 Å². The van der Waals surface area contributed by atoms with Gasteiger partial charge in [0.05, 0.1) is 6.04 Å². The van der Waals surface area contributed by atoms with E-state index in [0.29, 0.717) is 11.3 Å². The molecule has 114 valence electrons. The molecule has 2 amide bonds. The molecule has 0 bridgehead atoms. The number of hydrogen-bond donors (Lipinski definition) is 3. The second-order valence-electron chi connectivity index (χ2n) is 6.04. The largest absolute Gasteiger partial charge is 0.347 e. The molecule has 0 aliphatic carbocycles. The van der Waals surface area contributed by atoms with Gasteiger partial charge in [-0.25, -0.2) is 0 Å². The third-order valence-electron chi connectivity index (χ3n) is 2.94. The number of rotatable bonds is 3. The van der Waals surface area contributed by atoms with E-state index in [-0.39, 0.29) is 23.4 Å². The fourth-order valence-corrected chi connectivity index (χ4v) is 2.85. The third-order valence-corrected chi connectivity index (χ3v) is 3.88. The van der Waals surface area contributed by atoms with E-state index >= 15 is 0 Å². The zero-order chi connectivity index (χ0) is 15.5. The second kappa shape index (κ2) is 6.49. The van der Waals surface area contributed by atoms with Gasteiger partial charge in [0.15, 0.2) is 0 Å². The predicted octanol–water partition coefficient (Wildman–Crippen LogP) is 1.82. The zero-order valence-electron chi connectivity index (χ0n) is 12.5. The molecule has 0 spiro atoms. The maximum Gasteiger partial charge on any atom is 0.251 e. The molecule has 0 saturated carbocycles. The first-order valence-electron chi connectivity index (χ1n) is 6.90. The summed E-state index contributed by atoms with van der Waals surface area (Å²) in [6, 6.07) is 6.79. The van der Waals surface area contributed by atoms with Gasteiger partial charge in [-0.2, -0.15) is 0 Å². The van der Waals surface area contributed by atoms with Gasteiger partial charge in [0.25, 0.3) is 5.91 Å². The van der Waals surface area contributed by atoms with Gasteiger partial charge in [-0.05, 0) is 45.0 Å². The van der Waals surface area contributed by atoms with Crippen LogP contribution in [0.2, 0.25) is 0 Å². The van der Waals surface area contributed by atoms with Crippen LogP contribution < -0.4 is 16.0 Å². The standard InChI is InChI=1S/C15H21N3O2S/c1-15(2,3)18-13(19)10-4-6-11(7-5-10)17-14(20)12-8-21-9-16-12/h4-7,12,16H,8-9H2,1-3H3,(H,17,20)(H,18,19). The summed E-state index contributed by atoms with van der Waals surface area (Å²) in [6.45, 7) is 5.81. The zero-order valence-corrected chi connectivity index (χ0v) is 13.3. The van der Waals surface area contributed by atoms with Gasteiger partial charge in [-0.1, -0.05) is 0 Å². The van der Waals surface area contributed by atoms with Gasteiger partial charge in [0, 0.05) is 28.4 Å². The van der Waals surface area contributed by atoms with E-state index in [1.807, 2.05) is 20.8 Å². The van der Waals surface area contributed by atoms with Gasteiger partial charge in [0.1, 0.15) is 0 Å². The molecule has 2 rings (SSSR count). The van der Waals surface area contributed by atoms with Crippen molar-refractivity contribution in [1.82, 2.24) is 10.6 Å². The van der Waals surface area contributed by atoms with Gasteiger partial charge in [0.2, 0.25) is 5.91 Å². The minimum absolute atomic E-state index is 0.0353. The molecule has 1 unspecified atom stereocenters. The maximum absolute atomic E-state index is 12.0. The summed E-state index contributed by atoms with van der Waals surface area (Å²) < 4.78 is 0. The monoisotopic (exact) mass is 307 g/mol. The molecule has 1 aromatic rings. The van der Waals surface area contributed by atoms with Crippen LogP contribution in [0.25, 0.3) is 0 Å². The Morgan fingerprint density at radius 3 is 2.43 bits per heavy atom. The number of amides is 2. The van der Waals surface area contributed by atoms with Crippen LogP contribution in [0.3, 0.4) is 0 Å². The lowest BCUT2D eigenvalue weighted by Crippen LogP contribution is -2.40. The van der Waals surface area contributed by atoms with Crippen LogP contribution in [-0.2, 0) is 4.79 Å². The summed E-state index contributed by atoms with van der Waals surface area (Å²) >= 11 is 1.71. The van der Waals surface area contributed by atoms with Crippen molar-refractivity contribution >= 4 is 29.3 Å². The van der Waals surface area contributed by atoms with Crippen molar-refractivity contribution in [3.05, 3.63) is 29.8 Å². The van der Waals surface area contributed by atoms with Crippen LogP contribution in [0.5, 0.6) is 0 Å². The number of nitrogens with one attached hydrogen (secondary N) is 3. The summed E-state index contributed by atoms with van der Waals surface area (Å²) in [4.78, 5) is 23.9. The van der Waals surface area contributed by atoms with Crippen molar-refractivity contribution in [2.75, 3.05) is 16.9 Å². The topological polar surface area (TPSA) is 70.2 Å². The van der Waals surface area contributed by atoms with Crippen LogP contribution in [0.15, 0.2) is 24.3 Å². The Morgan fingerprint density at radius 2 is 1.90 bits per heavy atom. The highest BCUT2D eigenvalue weighted by Gasteiger charge is 2.22. The summed E-state index contributed by atoms with van der Waals surface area (Å²) in [7, 11) is 0. The Labute approximate surface area is 129 Å². The molecule has 1 aromatic carbocycles. The molecular weight excluding hydrogens is 286 g/mol. The Kier molecular flexibility index (Phi) is 4.90. The van der Waals surface area contributed by atoms with E-state index in [4.69, 9.17) is 0 Å². The minimum Gasteiger partial charge on any atom is -0.347 e. The predicted molar refractivity (Wildman–Crippen MR) is 86.5 cm³/mol. The lowest BCUT2D eigenvalue weighted by Gasteiger charge is -2.20. The molecule has 3 N–H and O–H groups in total. The van der Waals surface area contributed by atoms with Gasteiger partial charge in [-0.15, -0.1) is 11.8 Å². The van der Waals surface area contributed by atoms with Crippen LogP contribution >= 0.6 is 11.8 Å². The highest BCUT2D eigenvalue weighted by Crippen LogP contribution is 2.14. The van der Waals surface area contributed by atoms with E-state index in [0.717, 1.165) is 11.6 Å². The highest BCUT2D eigenvalue weighted by molar-refractivity contribution is 7.99. The second-order valence-corrected chi connectivity index (χ2v) is 7.07. The van der Waals surface area contributed by atoms with Crippen molar-refractivity contribution in [3.63, 3.8) is 0 Å². The lowest BCUT2D eigenvalue weighted by atomic mass is 10.1. The first-order valence-corrected chi connectivity index (χ1v) is 8.05. The van der Waals surface area contributed by atoms with Crippen LogP contribution in [-0.4, -0.2) is 35.0 Å². The van der Waals surface area contributed by atoms with Gasteiger partial charge >= 0.3 is 0 Å². The summed E-state index contributed by atoms with van der Waals surface area (Å²) in [6.07, 6.45) is 0. The molecule has 1 aliphatic heterocycles. The first-order chi connectivity index (χ1) is 9.85. The van der Waals surface area contributed by atoms with Gasteiger partial charge < -0.3 is 10.6 Å². The highest BCUT2D eigenvalue weighted by atomic mass is 32.2. The average Bonchev–Trinajstić information content (AvgIpc) is 2.91. The maximum atomic E-state index is 12.0. The van der Waals surface area contributed by atoms with E-state index in [1.165, 1.54) is 0 Å². The summed E-state index contributed by atoms with van der Waals surface area (Å²) in [5.74, 6) is 1.45. The number of benzene rings is 1. The Hall–Kier alpha value is -1.53. The Morgan fingerprint density at radius 1 is 1.24 bits per heavy atom. The lowest BCUT2D eigenvalue weighted by molar-refractivity contribution is -0.117. The van der Waals surface area contributed by atoms with E-state index in [9.17, 15) is 9.59 Å². The van der Waals surface area contributed by atoms with Crippen molar-refractivity contribution in [2.24, 2.45) is 0 Å². The quantitative estimate of drug-likeness (QED) is 0.796. The molecule has 5 nitrogen and oxygen atoms in total. The first kappa shape index (κ1) is 15.9. The Bertz CT molecular complexity index is 517. The molecular formula is C15H21N3O2S. The molecule has 6 heteroatoms. The SMILES string of the molecule is CC(C)(C)NC(=O)c1ccc(NC(=O)C2CSCN2)cc1. The van der Waals surface area contributed by atoms with Crippen LogP contribution in [0, 0.1) is 0 Å².